The number of halogens is 1. The maximum atomic E-state index is 11.7. The van der Waals surface area contributed by atoms with Gasteiger partial charge in [0, 0.05) is 18.1 Å². The third-order valence-corrected chi connectivity index (χ3v) is 2.69. The van der Waals surface area contributed by atoms with Crippen molar-refractivity contribution in [1.29, 1.82) is 0 Å². The standard InChI is InChI=1S/C12H15ClN2O3/c1-3-15(4-2)12(18)11(17)14-9-7-8(13)5-6-10(9)16/h5-7,16H,3-4H2,1-2H3,(H,14,17). The number of rotatable bonds is 3. The number of aromatic hydroxyl groups is 1. The van der Waals surface area contributed by atoms with Gasteiger partial charge in [0.1, 0.15) is 5.75 Å². The van der Waals surface area contributed by atoms with Crippen LogP contribution in [0.4, 0.5) is 5.69 Å². The topological polar surface area (TPSA) is 69.6 Å². The summed E-state index contributed by atoms with van der Waals surface area (Å²) in [6.07, 6.45) is 0. The fourth-order valence-corrected chi connectivity index (χ4v) is 1.61. The molecule has 1 aromatic rings. The molecule has 0 spiro atoms. The average molecular weight is 271 g/mol. The number of phenolic OH excluding ortho intramolecular Hbond substituents is 1. The first-order valence-corrected chi connectivity index (χ1v) is 5.96. The summed E-state index contributed by atoms with van der Waals surface area (Å²) in [6, 6.07) is 4.21. The van der Waals surface area contributed by atoms with Gasteiger partial charge < -0.3 is 15.3 Å². The largest absolute Gasteiger partial charge is 0.506 e. The first-order chi connectivity index (χ1) is 8.49. The number of phenols is 1. The summed E-state index contributed by atoms with van der Waals surface area (Å²) in [5.74, 6) is -1.57. The summed E-state index contributed by atoms with van der Waals surface area (Å²) < 4.78 is 0. The number of benzene rings is 1. The van der Waals surface area contributed by atoms with Gasteiger partial charge in [0.2, 0.25) is 0 Å². The fourth-order valence-electron chi connectivity index (χ4n) is 1.44. The lowest BCUT2D eigenvalue weighted by Gasteiger charge is -2.17. The minimum atomic E-state index is -0.795. The van der Waals surface area contributed by atoms with E-state index in [0.29, 0.717) is 18.1 Å². The molecule has 6 heteroatoms. The van der Waals surface area contributed by atoms with Crippen LogP contribution in [0.25, 0.3) is 0 Å². The van der Waals surface area contributed by atoms with Crippen molar-refractivity contribution in [2.75, 3.05) is 18.4 Å². The molecule has 1 aromatic carbocycles. The van der Waals surface area contributed by atoms with E-state index in [1.807, 2.05) is 0 Å². The Labute approximate surface area is 110 Å². The maximum absolute atomic E-state index is 11.7. The molecule has 0 radical (unpaired) electrons. The molecule has 0 unspecified atom stereocenters. The second-order valence-electron chi connectivity index (χ2n) is 3.59. The molecule has 0 saturated carbocycles. The summed E-state index contributed by atoms with van der Waals surface area (Å²) in [6.45, 7) is 4.46. The number of hydrogen-bond acceptors (Lipinski definition) is 3. The smallest absolute Gasteiger partial charge is 0.314 e. The molecule has 0 atom stereocenters. The van der Waals surface area contributed by atoms with Crippen molar-refractivity contribution >= 4 is 29.1 Å². The number of amides is 2. The van der Waals surface area contributed by atoms with Crippen LogP contribution in [0.5, 0.6) is 5.75 Å². The third kappa shape index (κ3) is 3.37. The van der Waals surface area contributed by atoms with E-state index in [0.717, 1.165) is 0 Å². The predicted octanol–water partition coefficient (Wildman–Crippen LogP) is 1.85. The van der Waals surface area contributed by atoms with Crippen molar-refractivity contribution in [2.45, 2.75) is 13.8 Å². The molecule has 0 aliphatic carbocycles. The normalized spacial score (nSPS) is 9.94. The van der Waals surface area contributed by atoms with E-state index in [4.69, 9.17) is 11.6 Å². The highest BCUT2D eigenvalue weighted by Crippen LogP contribution is 2.26. The number of carbonyl (C=O) groups is 2. The van der Waals surface area contributed by atoms with Crippen molar-refractivity contribution in [3.05, 3.63) is 23.2 Å². The van der Waals surface area contributed by atoms with Crippen LogP contribution in [-0.2, 0) is 9.59 Å². The number of nitrogens with one attached hydrogen (secondary N) is 1. The molecule has 0 aromatic heterocycles. The van der Waals surface area contributed by atoms with E-state index >= 15 is 0 Å². The lowest BCUT2D eigenvalue weighted by atomic mass is 10.3. The van der Waals surface area contributed by atoms with Crippen molar-refractivity contribution < 1.29 is 14.7 Å². The van der Waals surface area contributed by atoms with Crippen LogP contribution in [0.3, 0.4) is 0 Å². The zero-order valence-corrected chi connectivity index (χ0v) is 11.0. The molecule has 0 fully saturated rings. The van der Waals surface area contributed by atoms with Crippen LogP contribution in [0.15, 0.2) is 18.2 Å². The summed E-state index contributed by atoms with van der Waals surface area (Å²) in [7, 11) is 0. The second-order valence-corrected chi connectivity index (χ2v) is 4.03. The number of likely N-dealkylation sites (N-methyl/N-ethyl adjacent to an activating group) is 1. The summed E-state index contributed by atoms with van der Waals surface area (Å²) in [5, 5.41) is 12.2. The number of hydrogen-bond donors (Lipinski definition) is 2. The van der Waals surface area contributed by atoms with E-state index < -0.39 is 11.8 Å². The van der Waals surface area contributed by atoms with Crippen LogP contribution < -0.4 is 5.32 Å². The zero-order chi connectivity index (χ0) is 13.7. The van der Waals surface area contributed by atoms with E-state index in [1.165, 1.54) is 23.1 Å². The second kappa shape index (κ2) is 6.26. The molecular formula is C12H15ClN2O3. The molecule has 0 bridgehead atoms. The molecule has 2 N–H and O–H groups in total. The Kier molecular flexibility index (Phi) is 4.97. The number of nitrogens with zero attached hydrogens (tertiary/aromatic N) is 1. The van der Waals surface area contributed by atoms with Gasteiger partial charge in [-0.1, -0.05) is 11.6 Å². The van der Waals surface area contributed by atoms with Crippen LogP contribution in [0.1, 0.15) is 13.8 Å². The molecule has 0 aliphatic heterocycles. The van der Waals surface area contributed by atoms with Gasteiger partial charge in [-0.25, -0.2) is 0 Å². The van der Waals surface area contributed by atoms with Gasteiger partial charge in [-0.3, -0.25) is 9.59 Å². The Hall–Kier alpha value is -1.75. The first kappa shape index (κ1) is 14.3. The summed E-state index contributed by atoms with van der Waals surface area (Å²) >= 11 is 5.74. The SMILES string of the molecule is CCN(CC)C(=O)C(=O)Nc1cc(Cl)ccc1O. The van der Waals surface area contributed by atoms with Crippen LogP contribution in [0.2, 0.25) is 5.02 Å². The first-order valence-electron chi connectivity index (χ1n) is 5.58. The zero-order valence-electron chi connectivity index (χ0n) is 10.2. The molecule has 18 heavy (non-hydrogen) atoms. The summed E-state index contributed by atoms with van der Waals surface area (Å²) in [5.41, 5.74) is 0.119. The van der Waals surface area contributed by atoms with Gasteiger partial charge in [0.15, 0.2) is 0 Å². The molecule has 98 valence electrons. The third-order valence-electron chi connectivity index (χ3n) is 2.45. The van der Waals surface area contributed by atoms with Gasteiger partial charge in [0.25, 0.3) is 0 Å². The molecule has 0 aliphatic rings. The van der Waals surface area contributed by atoms with E-state index in [-0.39, 0.29) is 11.4 Å². The van der Waals surface area contributed by atoms with Gasteiger partial charge in [-0.05, 0) is 32.0 Å². The van der Waals surface area contributed by atoms with Crippen LogP contribution in [0, 0.1) is 0 Å². The fraction of sp³-hybridized carbons (Fsp3) is 0.333. The van der Waals surface area contributed by atoms with E-state index in [2.05, 4.69) is 5.32 Å². The highest BCUT2D eigenvalue weighted by molar-refractivity contribution is 6.40. The monoisotopic (exact) mass is 270 g/mol. The lowest BCUT2D eigenvalue weighted by molar-refractivity contribution is -0.142. The van der Waals surface area contributed by atoms with E-state index in [1.54, 1.807) is 13.8 Å². The Morgan fingerprint density at radius 3 is 2.50 bits per heavy atom. The number of anilines is 1. The Balaban J connectivity index is 2.81. The van der Waals surface area contributed by atoms with Gasteiger partial charge >= 0.3 is 11.8 Å². The molecular weight excluding hydrogens is 256 g/mol. The highest BCUT2D eigenvalue weighted by atomic mass is 35.5. The summed E-state index contributed by atoms with van der Waals surface area (Å²) in [4.78, 5) is 24.8. The van der Waals surface area contributed by atoms with Gasteiger partial charge in [0.05, 0.1) is 5.69 Å². The Morgan fingerprint density at radius 2 is 1.94 bits per heavy atom. The lowest BCUT2D eigenvalue weighted by Crippen LogP contribution is -2.39. The Bertz CT molecular complexity index is 459. The minimum absolute atomic E-state index is 0.119. The molecule has 0 saturated heterocycles. The van der Waals surface area contributed by atoms with E-state index in [9.17, 15) is 14.7 Å². The molecule has 2 amide bonds. The quantitative estimate of drug-likeness (QED) is 0.651. The van der Waals surface area contributed by atoms with Crippen LogP contribution >= 0.6 is 11.6 Å². The van der Waals surface area contributed by atoms with Crippen molar-refractivity contribution in [3.63, 3.8) is 0 Å². The molecule has 0 heterocycles. The Morgan fingerprint density at radius 1 is 1.33 bits per heavy atom. The highest BCUT2D eigenvalue weighted by Gasteiger charge is 2.20. The van der Waals surface area contributed by atoms with Gasteiger partial charge in [-0.2, -0.15) is 0 Å². The van der Waals surface area contributed by atoms with Crippen molar-refractivity contribution in [3.8, 4) is 5.75 Å². The average Bonchev–Trinajstić information content (AvgIpc) is 2.35. The van der Waals surface area contributed by atoms with Gasteiger partial charge in [-0.15, -0.1) is 0 Å². The molecule has 5 nitrogen and oxygen atoms in total. The van der Waals surface area contributed by atoms with Crippen LogP contribution in [-0.4, -0.2) is 34.9 Å². The predicted molar refractivity (Wildman–Crippen MR) is 69.7 cm³/mol. The van der Waals surface area contributed by atoms with Crippen molar-refractivity contribution in [1.82, 2.24) is 4.90 Å². The van der Waals surface area contributed by atoms with Crippen molar-refractivity contribution in [2.24, 2.45) is 0 Å². The number of carbonyl (C=O) groups excluding carboxylic acids is 2. The molecule has 1 rings (SSSR count). The maximum Gasteiger partial charge on any atom is 0.314 e. The minimum Gasteiger partial charge on any atom is -0.506 e.